The lowest BCUT2D eigenvalue weighted by Crippen LogP contribution is -2.35. The molecule has 0 radical (unpaired) electrons. The van der Waals surface area contributed by atoms with Crippen molar-refractivity contribution in [2.24, 2.45) is 0 Å². The third kappa shape index (κ3) is 4.90. The lowest BCUT2D eigenvalue weighted by atomic mass is 10.3. The zero-order chi connectivity index (χ0) is 15.3. The van der Waals surface area contributed by atoms with Gasteiger partial charge in [-0.05, 0) is 13.8 Å². The van der Waals surface area contributed by atoms with E-state index in [0.717, 1.165) is 6.07 Å². The highest BCUT2D eigenvalue weighted by Gasteiger charge is 2.33. The third-order valence-electron chi connectivity index (χ3n) is 2.12. The molecule has 1 aromatic rings. The fourth-order valence-electron chi connectivity index (χ4n) is 1.34. The number of amides is 1. The van der Waals surface area contributed by atoms with Crippen LogP contribution in [-0.4, -0.2) is 35.5 Å². The van der Waals surface area contributed by atoms with Crippen LogP contribution in [-0.2, 0) is 11.0 Å². The molecule has 0 bridgehead atoms. The highest BCUT2D eigenvalue weighted by molar-refractivity contribution is 5.80. The molecule has 20 heavy (non-hydrogen) atoms. The van der Waals surface area contributed by atoms with Gasteiger partial charge in [-0.1, -0.05) is 0 Å². The molecule has 0 aliphatic carbocycles. The van der Waals surface area contributed by atoms with Crippen LogP contribution in [0.3, 0.4) is 0 Å². The van der Waals surface area contributed by atoms with Crippen LogP contribution in [0.5, 0.6) is 0 Å². The van der Waals surface area contributed by atoms with E-state index >= 15 is 0 Å². The van der Waals surface area contributed by atoms with E-state index in [4.69, 9.17) is 0 Å². The second-order valence-corrected chi connectivity index (χ2v) is 4.29. The van der Waals surface area contributed by atoms with Crippen LogP contribution in [0.4, 0.5) is 24.9 Å². The summed E-state index contributed by atoms with van der Waals surface area (Å²) in [6.45, 7) is 3.39. The molecule has 0 spiro atoms. The molecule has 1 rings (SSSR count). The van der Waals surface area contributed by atoms with Crippen LogP contribution < -0.4 is 16.0 Å². The Kier molecular flexibility index (Phi) is 5.12. The summed E-state index contributed by atoms with van der Waals surface area (Å²) in [6, 6.07) is 0.706. The molecule has 0 aliphatic rings. The molecule has 0 unspecified atom stereocenters. The van der Waals surface area contributed by atoms with E-state index in [1.165, 1.54) is 7.05 Å². The van der Waals surface area contributed by atoms with E-state index in [1.54, 1.807) is 13.8 Å². The zero-order valence-corrected chi connectivity index (χ0v) is 11.3. The van der Waals surface area contributed by atoms with Gasteiger partial charge in [-0.15, -0.1) is 0 Å². The number of rotatable bonds is 5. The minimum atomic E-state index is -4.58. The van der Waals surface area contributed by atoms with Crippen molar-refractivity contribution in [3.05, 3.63) is 11.8 Å². The fourth-order valence-corrected chi connectivity index (χ4v) is 1.34. The maximum atomic E-state index is 12.6. The van der Waals surface area contributed by atoms with E-state index in [1.807, 2.05) is 0 Å². The number of hydrogen-bond donors (Lipinski definition) is 3. The topological polar surface area (TPSA) is 78.9 Å². The highest BCUT2D eigenvalue weighted by Crippen LogP contribution is 2.29. The van der Waals surface area contributed by atoms with Gasteiger partial charge in [0.1, 0.15) is 5.82 Å². The first-order valence-electron chi connectivity index (χ1n) is 5.89. The summed E-state index contributed by atoms with van der Waals surface area (Å²) in [6.07, 6.45) is -4.58. The average Bonchev–Trinajstić information content (AvgIpc) is 2.34. The number of nitrogens with zero attached hydrogens (tertiary/aromatic N) is 2. The van der Waals surface area contributed by atoms with Gasteiger partial charge in [0.25, 0.3) is 0 Å². The van der Waals surface area contributed by atoms with Crippen molar-refractivity contribution >= 4 is 17.7 Å². The first kappa shape index (κ1) is 16.0. The second-order valence-electron chi connectivity index (χ2n) is 4.29. The summed E-state index contributed by atoms with van der Waals surface area (Å²) in [5.41, 5.74) is -1.08. The van der Waals surface area contributed by atoms with E-state index in [-0.39, 0.29) is 30.3 Å². The predicted octanol–water partition coefficient (Wildman–Crippen LogP) is 1.47. The zero-order valence-electron chi connectivity index (χ0n) is 11.3. The van der Waals surface area contributed by atoms with E-state index in [9.17, 15) is 18.0 Å². The molecule has 0 saturated heterocycles. The number of anilines is 2. The van der Waals surface area contributed by atoms with Crippen molar-refractivity contribution in [3.63, 3.8) is 0 Å². The summed E-state index contributed by atoms with van der Waals surface area (Å²) >= 11 is 0. The lowest BCUT2D eigenvalue weighted by Gasteiger charge is -2.12. The van der Waals surface area contributed by atoms with Crippen molar-refractivity contribution in [3.8, 4) is 0 Å². The van der Waals surface area contributed by atoms with Crippen LogP contribution >= 0.6 is 0 Å². The molecular formula is C11H16F3N5O. The molecule has 0 saturated carbocycles. The van der Waals surface area contributed by atoms with Gasteiger partial charge in [0.05, 0.1) is 6.54 Å². The van der Waals surface area contributed by atoms with E-state index < -0.39 is 11.9 Å². The van der Waals surface area contributed by atoms with Crippen LogP contribution in [0, 0.1) is 0 Å². The monoisotopic (exact) mass is 291 g/mol. The molecule has 1 aromatic heterocycles. The van der Waals surface area contributed by atoms with E-state index in [2.05, 4.69) is 25.9 Å². The molecular weight excluding hydrogens is 275 g/mol. The average molecular weight is 291 g/mol. The standard InChI is InChI=1S/C11H16F3N5O/c1-6(2)17-9(20)5-16-8-4-7(11(12,13)14)18-10(15-3)19-8/h4,6H,5H2,1-3H3,(H,17,20)(H2,15,16,18,19). The fraction of sp³-hybridized carbons (Fsp3) is 0.545. The van der Waals surface area contributed by atoms with Crippen LogP contribution in [0.2, 0.25) is 0 Å². The van der Waals surface area contributed by atoms with Crippen molar-refractivity contribution in [1.29, 1.82) is 0 Å². The molecule has 0 fully saturated rings. The van der Waals surface area contributed by atoms with Gasteiger partial charge in [0.15, 0.2) is 5.69 Å². The molecule has 1 heterocycles. The molecule has 0 atom stereocenters. The van der Waals surface area contributed by atoms with Gasteiger partial charge in [-0.2, -0.15) is 18.2 Å². The van der Waals surface area contributed by atoms with Crippen molar-refractivity contribution in [2.75, 3.05) is 24.2 Å². The maximum absolute atomic E-state index is 12.6. The number of carbonyl (C=O) groups excluding carboxylic acids is 1. The lowest BCUT2D eigenvalue weighted by molar-refractivity contribution is -0.141. The summed E-state index contributed by atoms with van der Waals surface area (Å²) in [5.74, 6) is -0.583. The Hall–Kier alpha value is -2.06. The third-order valence-corrected chi connectivity index (χ3v) is 2.12. The smallest absolute Gasteiger partial charge is 0.361 e. The van der Waals surface area contributed by atoms with Gasteiger partial charge in [-0.25, -0.2) is 4.98 Å². The second kappa shape index (κ2) is 6.40. The predicted molar refractivity (Wildman–Crippen MR) is 68.3 cm³/mol. The van der Waals surface area contributed by atoms with Gasteiger partial charge in [-0.3, -0.25) is 4.79 Å². The molecule has 112 valence electrons. The molecule has 0 aliphatic heterocycles. The molecule has 9 heteroatoms. The van der Waals surface area contributed by atoms with Crippen molar-refractivity contribution in [2.45, 2.75) is 26.1 Å². The molecule has 0 aromatic carbocycles. The summed E-state index contributed by atoms with van der Waals surface area (Å²) in [5, 5.41) is 7.57. The summed E-state index contributed by atoms with van der Waals surface area (Å²) in [4.78, 5) is 18.5. The quantitative estimate of drug-likeness (QED) is 0.765. The number of nitrogens with one attached hydrogen (secondary N) is 3. The van der Waals surface area contributed by atoms with Gasteiger partial charge in [0, 0.05) is 19.2 Å². The Bertz CT molecular complexity index is 476. The first-order chi connectivity index (χ1) is 9.22. The number of hydrogen-bond acceptors (Lipinski definition) is 5. The Morgan fingerprint density at radius 3 is 2.50 bits per heavy atom. The van der Waals surface area contributed by atoms with E-state index in [0.29, 0.717) is 0 Å². The first-order valence-corrected chi connectivity index (χ1v) is 5.89. The molecule has 1 amide bonds. The normalized spacial score (nSPS) is 11.3. The maximum Gasteiger partial charge on any atom is 0.433 e. The number of halogens is 3. The SMILES string of the molecule is CNc1nc(NCC(=O)NC(C)C)cc(C(F)(F)F)n1. The number of carbonyl (C=O) groups is 1. The molecule has 6 nitrogen and oxygen atoms in total. The number of aromatic nitrogens is 2. The van der Waals surface area contributed by atoms with Gasteiger partial charge < -0.3 is 16.0 Å². The minimum absolute atomic E-state index is 0.0479. The van der Waals surface area contributed by atoms with Crippen molar-refractivity contribution in [1.82, 2.24) is 15.3 Å². The van der Waals surface area contributed by atoms with Crippen LogP contribution in [0.1, 0.15) is 19.5 Å². The van der Waals surface area contributed by atoms with Crippen molar-refractivity contribution < 1.29 is 18.0 Å². The Balaban J connectivity index is 2.82. The summed E-state index contributed by atoms with van der Waals surface area (Å²) in [7, 11) is 1.41. The Morgan fingerprint density at radius 2 is 2.00 bits per heavy atom. The molecule has 3 N–H and O–H groups in total. The van der Waals surface area contributed by atoms with Crippen LogP contribution in [0.25, 0.3) is 0 Å². The number of alkyl halides is 3. The Morgan fingerprint density at radius 1 is 1.35 bits per heavy atom. The summed E-state index contributed by atoms with van der Waals surface area (Å²) < 4.78 is 37.9. The van der Waals surface area contributed by atoms with Gasteiger partial charge >= 0.3 is 6.18 Å². The van der Waals surface area contributed by atoms with Crippen LogP contribution in [0.15, 0.2) is 6.07 Å². The highest BCUT2D eigenvalue weighted by atomic mass is 19.4. The largest absolute Gasteiger partial charge is 0.433 e. The minimum Gasteiger partial charge on any atom is -0.361 e. The van der Waals surface area contributed by atoms with Gasteiger partial charge in [0.2, 0.25) is 11.9 Å². The Labute approximate surface area is 114 Å².